The number of amides is 1. The summed E-state index contributed by atoms with van der Waals surface area (Å²) in [5.74, 6) is -1.37. The molecule has 0 saturated carbocycles. The van der Waals surface area contributed by atoms with Gasteiger partial charge in [-0.15, -0.1) is 0 Å². The maximum absolute atomic E-state index is 11.6. The average molecular weight is 256 g/mol. The highest BCUT2D eigenvalue weighted by atomic mass is 16.5. The lowest BCUT2D eigenvalue weighted by molar-refractivity contribution is -0.142. The van der Waals surface area contributed by atoms with Crippen LogP contribution in [-0.4, -0.2) is 52.8 Å². The first-order chi connectivity index (χ1) is 8.63. The monoisotopic (exact) mass is 256 g/mol. The van der Waals surface area contributed by atoms with E-state index in [0.29, 0.717) is 18.8 Å². The topological polar surface area (TPSA) is 119 Å². The predicted octanol–water partition coefficient (Wildman–Crippen LogP) is -1.33. The van der Waals surface area contributed by atoms with Crippen molar-refractivity contribution in [3.05, 3.63) is 18.2 Å². The van der Waals surface area contributed by atoms with Gasteiger partial charge in [0.15, 0.2) is 0 Å². The number of carboxylic acid groups (broad SMARTS) is 1. The van der Waals surface area contributed by atoms with Crippen LogP contribution in [0, 0.1) is 0 Å². The van der Waals surface area contributed by atoms with Crippen LogP contribution in [0.5, 0.6) is 0 Å². The SMILES string of the molecule is NCCn1cnc(C(=O)NCCOCC(=O)O)c1. The van der Waals surface area contributed by atoms with Gasteiger partial charge in [-0.1, -0.05) is 0 Å². The van der Waals surface area contributed by atoms with Crippen molar-refractivity contribution in [1.82, 2.24) is 14.9 Å². The minimum Gasteiger partial charge on any atom is -0.480 e. The van der Waals surface area contributed by atoms with E-state index < -0.39 is 5.97 Å². The van der Waals surface area contributed by atoms with E-state index in [9.17, 15) is 9.59 Å². The smallest absolute Gasteiger partial charge is 0.329 e. The molecule has 1 heterocycles. The highest BCUT2D eigenvalue weighted by Crippen LogP contribution is 1.95. The fraction of sp³-hybridized carbons (Fsp3) is 0.500. The molecule has 0 unspecified atom stereocenters. The Balaban J connectivity index is 2.25. The molecule has 1 rings (SSSR count). The number of ether oxygens (including phenoxy) is 1. The van der Waals surface area contributed by atoms with Gasteiger partial charge in [0.25, 0.3) is 5.91 Å². The van der Waals surface area contributed by atoms with Crippen LogP contribution in [0.4, 0.5) is 0 Å². The summed E-state index contributed by atoms with van der Waals surface area (Å²) in [5, 5.41) is 10.9. The van der Waals surface area contributed by atoms with Gasteiger partial charge in [-0.25, -0.2) is 9.78 Å². The van der Waals surface area contributed by atoms with Crippen LogP contribution in [-0.2, 0) is 16.1 Å². The third kappa shape index (κ3) is 4.93. The number of hydrogen-bond acceptors (Lipinski definition) is 5. The van der Waals surface area contributed by atoms with E-state index in [1.165, 1.54) is 6.33 Å². The third-order valence-electron chi connectivity index (χ3n) is 2.01. The molecule has 0 atom stereocenters. The van der Waals surface area contributed by atoms with Gasteiger partial charge in [-0.2, -0.15) is 0 Å². The number of nitrogens with one attached hydrogen (secondary N) is 1. The van der Waals surface area contributed by atoms with E-state index in [4.69, 9.17) is 15.6 Å². The van der Waals surface area contributed by atoms with Crippen LogP contribution >= 0.6 is 0 Å². The first-order valence-corrected chi connectivity index (χ1v) is 5.43. The maximum atomic E-state index is 11.6. The highest BCUT2D eigenvalue weighted by molar-refractivity contribution is 5.91. The minimum absolute atomic E-state index is 0.140. The fourth-order valence-corrected chi connectivity index (χ4v) is 1.24. The van der Waals surface area contributed by atoms with Crippen molar-refractivity contribution in [2.75, 3.05) is 26.3 Å². The molecule has 0 spiro atoms. The molecule has 0 bridgehead atoms. The summed E-state index contributed by atoms with van der Waals surface area (Å²) in [6.07, 6.45) is 3.13. The molecule has 0 aliphatic heterocycles. The number of carboxylic acids is 1. The molecule has 8 heteroatoms. The van der Waals surface area contributed by atoms with E-state index in [0.717, 1.165) is 0 Å². The Morgan fingerprint density at radius 2 is 2.33 bits per heavy atom. The molecular weight excluding hydrogens is 240 g/mol. The highest BCUT2D eigenvalue weighted by Gasteiger charge is 2.08. The van der Waals surface area contributed by atoms with Crippen LogP contribution in [0.2, 0.25) is 0 Å². The number of aromatic nitrogens is 2. The molecule has 1 aromatic heterocycles. The molecule has 0 radical (unpaired) electrons. The number of rotatable bonds is 8. The van der Waals surface area contributed by atoms with E-state index in [1.807, 2.05) is 0 Å². The zero-order valence-corrected chi connectivity index (χ0v) is 9.83. The van der Waals surface area contributed by atoms with Crippen molar-refractivity contribution in [3.63, 3.8) is 0 Å². The largest absolute Gasteiger partial charge is 0.480 e. The van der Waals surface area contributed by atoms with Crippen molar-refractivity contribution in [3.8, 4) is 0 Å². The second-order valence-corrected chi connectivity index (χ2v) is 3.49. The summed E-state index contributed by atoms with van der Waals surface area (Å²) in [5.41, 5.74) is 5.66. The molecule has 1 aromatic rings. The van der Waals surface area contributed by atoms with Crippen LogP contribution < -0.4 is 11.1 Å². The van der Waals surface area contributed by atoms with Crippen molar-refractivity contribution in [1.29, 1.82) is 0 Å². The van der Waals surface area contributed by atoms with Gasteiger partial charge < -0.3 is 25.5 Å². The van der Waals surface area contributed by atoms with E-state index >= 15 is 0 Å². The molecule has 0 saturated heterocycles. The Hall–Kier alpha value is -1.93. The van der Waals surface area contributed by atoms with Gasteiger partial charge in [0, 0.05) is 25.8 Å². The van der Waals surface area contributed by atoms with Crippen molar-refractivity contribution in [2.24, 2.45) is 5.73 Å². The third-order valence-corrected chi connectivity index (χ3v) is 2.01. The minimum atomic E-state index is -1.04. The molecule has 100 valence electrons. The first kappa shape index (κ1) is 14.1. The molecule has 0 aliphatic rings. The molecule has 0 aliphatic carbocycles. The summed E-state index contributed by atoms with van der Waals surface area (Å²) in [4.78, 5) is 25.6. The molecule has 0 aromatic carbocycles. The standard InChI is InChI=1S/C10H16N4O4/c11-1-3-14-5-8(13-7-14)10(17)12-2-4-18-6-9(15)16/h5,7H,1-4,6,11H2,(H,12,17)(H,15,16). The lowest BCUT2D eigenvalue weighted by Crippen LogP contribution is -2.28. The van der Waals surface area contributed by atoms with Crippen molar-refractivity contribution >= 4 is 11.9 Å². The van der Waals surface area contributed by atoms with Gasteiger partial charge in [-0.3, -0.25) is 4.79 Å². The average Bonchev–Trinajstić information content (AvgIpc) is 2.77. The Bertz CT molecular complexity index is 404. The molecular formula is C10H16N4O4. The van der Waals surface area contributed by atoms with Gasteiger partial charge in [0.2, 0.25) is 0 Å². The fourth-order valence-electron chi connectivity index (χ4n) is 1.24. The number of nitrogens with zero attached hydrogens (tertiary/aromatic N) is 2. The summed E-state index contributed by atoms with van der Waals surface area (Å²) in [6, 6.07) is 0. The lowest BCUT2D eigenvalue weighted by atomic mass is 10.4. The van der Waals surface area contributed by atoms with E-state index in [1.54, 1.807) is 10.8 Å². The zero-order chi connectivity index (χ0) is 13.4. The number of hydrogen-bond donors (Lipinski definition) is 3. The summed E-state index contributed by atoms with van der Waals surface area (Å²) in [6.45, 7) is 1.07. The Morgan fingerprint density at radius 3 is 3.00 bits per heavy atom. The maximum Gasteiger partial charge on any atom is 0.329 e. The number of carbonyl (C=O) groups is 2. The Kier molecular flexibility index (Phi) is 5.81. The number of carbonyl (C=O) groups excluding carboxylic acids is 1. The zero-order valence-electron chi connectivity index (χ0n) is 9.83. The van der Waals surface area contributed by atoms with Crippen LogP contribution in [0.15, 0.2) is 12.5 Å². The molecule has 8 nitrogen and oxygen atoms in total. The van der Waals surface area contributed by atoms with Crippen molar-refractivity contribution < 1.29 is 19.4 Å². The number of aliphatic carboxylic acids is 1. The van der Waals surface area contributed by atoms with Crippen LogP contribution in [0.25, 0.3) is 0 Å². The van der Waals surface area contributed by atoms with Crippen LogP contribution in [0.3, 0.4) is 0 Å². The van der Waals surface area contributed by atoms with Gasteiger partial charge in [-0.05, 0) is 0 Å². The molecule has 4 N–H and O–H groups in total. The van der Waals surface area contributed by atoms with E-state index in [2.05, 4.69) is 10.3 Å². The first-order valence-electron chi connectivity index (χ1n) is 5.43. The lowest BCUT2D eigenvalue weighted by Gasteiger charge is -2.03. The normalized spacial score (nSPS) is 10.3. The molecule has 0 fully saturated rings. The van der Waals surface area contributed by atoms with E-state index in [-0.39, 0.29) is 25.7 Å². The molecule has 1 amide bonds. The second kappa shape index (κ2) is 7.41. The van der Waals surface area contributed by atoms with Gasteiger partial charge in [0.05, 0.1) is 12.9 Å². The quantitative estimate of drug-likeness (QED) is 0.496. The summed E-state index contributed by atoms with van der Waals surface area (Å²) in [7, 11) is 0. The molecule has 18 heavy (non-hydrogen) atoms. The number of imidazole rings is 1. The number of nitrogens with two attached hydrogens (primary N) is 1. The van der Waals surface area contributed by atoms with Crippen LogP contribution in [0.1, 0.15) is 10.5 Å². The van der Waals surface area contributed by atoms with Gasteiger partial charge in [0.1, 0.15) is 12.3 Å². The predicted molar refractivity (Wildman–Crippen MR) is 62.1 cm³/mol. The van der Waals surface area contributed by atoms with Crippen molar-refractivity contribution in [2.45, 2.75) is 6.54 Å². The summed E-state index contributed by atoms with van der Waals surface area (Å²) < 4.78 is 6.49. The summed E-state index contributed by atoms with van der Waals surface area (Å²) >= 11 is 0. The Morgan fingerprint density at radius 1 is 1.56 bits per heavy atom. The second-order valence-electron chi connectivity index (χ2n) is 3.49. The Labute approximate surface area is 104 Å². The van der Waals surface area contributed by atoms with Gasteiger partial charge >= 0.3 is 5.97 Å².